The summed E-state index contributed by atoms with van der Waals surface area (Å²) < 4.78 is 30.0. The van der Waals surface area contributed by atoms with Gasteiger partial charge >= 0.3 is 0 Å². The van der Waals surface area contributed by atoms with Crippen LogP contribution in [0.2, 0.25) is 0 Å². The maximum atomic E-state index is 15.0. The molecule has 1 aliphatic rings. The molecule has 1 saturated heterocycles. The minimum absolute atomic E-state index is 0.0404. The zero-order valence-corrected chi connectivity index (χ0v) is 20.3. The molecule has 1 amide bonds. The second-order valence-electron chi connectivity index (χ2n) is 8.91. The summed E-state index contributed by atoms with van der Waals surface area (Å²) in [4.78, 5) is 24.6. The molecule has 0 radical (unpaired) electrons. The van der Waals surface area contributed by atoms with Crippen molar-refractivity contribution in [3.05, 3.63) is 85.1 Å². The van der Waals surface area contributed by atoms with Crippen LogP contribution in [0.5, 0.6) is 0 Å². The molecule has 4 aromatic rings. The van der Waals surface area contributed by atoms with Gasteiger partial charge in [0.15, 0.2) is 0 Å². The van der Waals surface area contributed by atoms with E-state index in [1.807, 2.05) is 48.3 Å². The summed E-state index contributed by atoms with van der Waals surface area (Å²) in [6, 6.07) is 15.4. The lowest BCUT2D eigenvalue weighted by Crippen LogP contribution is -2.44. The number of aromatic nitrogens is 2. The minimum atomic E-state index is -0.585. The Morgan fingerprint density at radius 1 is 1.03 bits per heavy atom. The summed E-state index contributed by atoms with van der Waals surface area (Å²) in [6.07, 6.45) is 2.83. The van der Waals surface area contributed by atoms with Gasteiger partial charge < -0.3 is 20.4 Å². The van der Waals surface area contributed by atoms with Crippen LogP contribution in [0.25, 0.3) is 22.0 Å². The number of piperazine rings is 1. The molecule has 3 aromatic carbocycles. The first-order valence-corrected chi connectivity index (χ1v) is 11.9. The summed E-state index contributed by atoms with van der Waals surface area (Å²) in [5, 5.41) is 6.36. The van der Waals surface area contributed by atoms with Gasteiger partial charge in [0.1, 0.15) is 11.6 Å². The van der Waals surface area contributed by atoms with Crippen molar-refractivity contribution < 1.29 is 13.6 Å². The molecule has 2 N–H and O–H groups in total. The number of hydrogen-bond acceptors (Lipinski definition) is 6. The van der Waals surface area contributed by atoms with Crippen LogP contribution in [0.3, 0.4) is 0 Å². The highest BCUT2D eigenvalue weighted by Crippen LogP contribution is 2.31. The molecule has 5 rings (SSSR count). The zero-order chi connectivity index (χ0) is 25.9. The van der Waals surface area contributed by atoms with Gasteiger partial charge in [0.05, 0.1) is 16.9 Å². The van der Waals surface area contributed by atoms with E-state index in [1.165, 1.54) is 12.1 Å². The van der Waals surface area contributed by atoms with Gasteiger partial charge in [0.25, 0.3) is 0 Å². The Labute approximate surface area is 213 Å². The summed E-state index contributed by atoms with van der Waals surface area (Å²) >= 11 is 0. The molecule has 9 heteroatoms. The molecular weight excluding hydrogens is 474 g/mol. The predicted molar refractivity (Wildman–Crippen MR) is 143 cm³/mol. The quantitative estimate of drug-likeness (QED) is 0.355. The Kier molecular flexibility index (Phi) is 6.78. The molecule has 0 aliphatic carbocycles. The molecule has 7 nitrogen and oxygen atoms in total. The maximum Gasteiger partial charge on any atom is 0.247 e. The average Bonchev–Trinajstić information content (AvgIpc) is 2.91. The molecule has 1 aliphatic heterocycles. The molecule has 1 fully saturated rings. The molecule has 2 heterocycles. The maximum absolute atomic E-state index is 15.0. The fourth-order valence-electron chi connectivity index (χ4n) is 4.35. The number of hydrogen-bond donors (Lipinski definition) is 2. The number of para-hydroxylation sites is 1. The van der Waals surface area contributed by atoms with Crippen LogP contribution >= 0.6 is 0 Å². The second kappa shape index (κ2) is 10.3. The average molecular weight is 501 g/mol. The first-order chi connectivity index (χ1) is 17.9. The number of rotatable bonds is 6. The fourth-order valence-corrected chi connectivity index (χ4v) is 4.35. The van der Waals surface area contributed by atoms with Gasteiger partial charge in [-0.25, -0.2) is 18.7 Å². The van der Waals surface area contributed by atoms with Crippen LogP contribution in [-0.4, -0.2) is 54.0 Å². The van der Waals surface area contributed by atoms with Crippen molar-refractivity contribution in [2.24, 2.45) is 0 Å². The monoisotopic (exact) mass is 500 g/mol. The normalized spacial score (nSPS) is 14.0. The van der Waals surface area contributed by atoms with Crippen LogP contribution < -0.4 is 15.5 Å². The van der Waals surface area contributed by atoms with E-state index in [9.17, 15) is 9.18 Å². The van der Waals surface area contributed by atoms with Gasteiger partial charge in [-0.05, 0) is 30.8 Å². The number of likely N-dealkylation sites (N-methyl/N-ethyl adjacent to an activating group) is 1. The van der Waals surface area contributed by atoms with Crippen LogP contribution in [-0.2, 0) is 4.79 Å². The number of nitrogens with one attached hydrogen (secondary N) is 2. The van der Waals surface area contributed by atoms with Crippen molar-refractivity contribution in [2.75, 3.05) is 48.8 Å². The van der Waals surface area contributed by atoms with Crippen molar-refractivity contribution in [2.45, 2.75) is 0 Å². The van der Waals surface area contributed by atoms with Crippen LogP contribution in [0.1, 0.15) is 0 Å². The van der Waals surface area contributed by atoms with Crippen molar-refractivity contribution in [3.8, 4) is 11.1 Å². The molecular formula is C28H26F2N6O. The fraction of sp³-hybridized carbons (Fsp3) is 0.179. The highest BCUT2D eigenvalue weighted by atomic mass is 19.1. The number of anilines is 4. The molecule has 0 bridgehead atoms. The lowest BCUT2D eigenvalue weighted by atomic mass is 10.0. The number of halogens is 2. The van der Waals surface area contributed by atoms with Crippen molar-refractivity contribution >= 4 is 39.8 Å². The van der Waals surface area contributed by atoms with Gasteiger partial charge in [-0.3, -0.25) is 4.79 Å². The van der Waals surface area contributed by atoms with Gasteiger partial charge in [0, 0.05) is 61.1 Å². The molecule has 0 unspecified atom stereocenters. The standard InChI is InChI=1S/C28H26F2N6O/c1-3-26(37)32-20-8-4-6-18(14-20)21-9-5-7-19-17-31-28(34-27(19)21)33-24-15-23(30)25(16-22(24)29)36-12-10-35(2)11-13-36/h3-9,14-17H,1,10-13H2,2H3,(H,32,37)(H,31,33,34). The zero-order valence-electron chi connectivity index (χ0n) is 20.3. The van der Waals surface area contributed by atoms with Crippen LogP contribution in [0.4, 0.5) is 31.8 Å². The first kappa shape index (κ1) is 24.3. The summed E-state index contributed by atoms with van der Waals surface area (Å²) in [5.74, 6) is -1.26. The van der Waals surface area contributed by atoms with Crippen LogP contribution in [0.15, 0.2) is 73.4 Å². The highest BCUT2D eigenvalue weighted by Gasteiger charge is 2.20. The van der Waals surface area contributed by atoms with E-state index >= 15 is 4.39 Å². The van der Waals surface area contributed by atoms with E-state index in [1.54, 1.807) is 12.3 Å². The van der Waals surface area contributed by atoms with Gasteiger partial charge in [0.2, 0.25) is 11.9 Å². The molecule has 0 saturated carbocycles. The topological polar surface area (TPSA) is 73.4 Å². The summed E-state index contributed by atoms with van der Waals surface area (Å²) in [6.45, 7) is 6.32. The molecule has 188 valence electrons. The lowest BCUT2D eigenvalue weighted by Gasteiger charge is -2.34. The minimum Gasteiger partial charge on any atom is -0.367 e. The van der Waals surface area contributed by atoms with Crippen molar-refractivity contribution in [1.82, 2.24) is 14.9 Å². The Morgan fingerprint density at radius 2 is 1.81 bits per heavy atom. The second-order valence-corrected chi connectivity index (χ2v) is 8.91. The third-order valence-electron chi connectivity index (χ3n) is 6.36. The number of benzene rings is 3. The summed E-state index contributed by atoms with van der Waals surface area (Å²) in [5.41, 5.74) is 3.08. The number of carbonyl (C=O) groups is 1. The van der Waals surface area contributed by atoms with Gasteiger partial charge in [-0.15, -0.1) is 0 Å². The smallest absolute Gasteiger partial charge is 0.247 e. The third kappa shape index (κ3) is 5.26. The van der Waals surface area contributed by atoms with E-state index in [0.717, 1.165) is 35.7 Å². The van der Waals surface area contributed by atoms with Crippen LogP contribution in [0, 0.1) is 11.6 Å². The largest absolute Gasteiger partial charge is 0.367 e. The predicted octanol–water partition coefficient (Wildman–Crippen LogP) is 5.19. The molecule has 1 aromatic heterocycles. The van der Waals surface area contributed by atoms with E-state index < -0.39 is 11.6 Å². The summed E-state index contributed by atoms with van der Waals surface area (Å²) in [7, 11) is 2.01. The Bertz CT molecular complexity index is 1480. The van der Waals surface area contributed by atoms with E-state index in [4.69, 9.17) is 0 Å². The van der Waals surface area contributed by atoms with E-state index in [0.29, 0.717) is 24.3 Å². The Hall–Kier alpha value is -4.37. The highest BCUT2D eigenvalue weighted by molar-refractivity contribution is 6.00. The molecule has 0 spiro atoms. The van der Waals surface area contributed by atoms with E-state index in [-0.39, 0.29) is 23.2 Å². The molecule has 37 heavy (non-hydrogen) atoms. The van der Waals surface area contributed by atoms with Gasteiger partial charge in [-0.2, -0.15) is 0 Å². The van der Waals surface area contributed by atoms with E-state index in [2.05, 4.69) is 32.1 Å². The van der Waals surface area contributed by atoms with Crippen molar-refractivity contribution in [3.63, 3.8) is 0 Å². The number of nitrogens with zero attached hydrogens (tertiary/aromatic N) is 4. The number of amides is 1. The lowest BCUT2D eigenvalue weighted by molar-refractivity contribution is -0.111. The first-order valence-electron chi connectivity index (χ1n) is 11.9. The molecule has 0 atom stereocenters. The number of fused-ring (bicyclic) bond motifs is 1. The Morgan fingerprint density at radius 3 is 2.59 bits per heavy atom. The SMILES string of the molecule is C=CC(=O)Nc1cccc(-c2cccc3cnc(Nc4cc(F)c(N5CCN(C)CC5)cc4F)nc23)c1. The van der Waals surface area contributed by atoms with Crippen molar-refractivity contribution in [1.29, 1.82) is 0 Å². The van der Waals surface area contributed by atoms with Gasteiger partial charge in [-0.1, -0.05) is 36.9 Å². The third-order valence-corrected chi connectivity index (χ3v) is 6.36. The number of carbonyl (C=O) groups excluding carboxylic acids is 1. The Balaban J connectivity index is 1.45.